The zero-order valence-corrected chi connectivity index (χ0v) is 9.27. The second-order valence-electron chi connectivity index (χ2n) is 2.85. The summed E-state index contributed by atoms with van der Waals surface area (Å²) in [6.45, 7) is 2.07. The lowest BCUT2D eigenvalue weighted by atomic mass is 10.2. The molecule has 0 fully saturated rings. The number of benzene rings is 1. The van der Waals surface area contributed by atoms with Crippen molar-refractivity contribution in [3.8, 4) is 11.4 Å². The Morgan fingerprint density at radius 2 is 2.14 bits per heavy atom. The Morgan fingerprint density at radius 3 is 2.79 bits per heavy atom. The number of nitrogens with zero attached hydrogens (tertiary/aromatic N) is 2. The number of aromatic nitrogens is 2. The molecule has 0 N–H and O–H groups in total. The molecule has 0 amide bonds. The Bertz CT molecular complexity index is 439. The van der Waals surface area contributed by atoms with Crippen molar-refractivity contribution in [2.24, 2.45) is 0 Å². The summed E-state index contributed by atoms with van der Waals surface area (Å²) in [7, 11) is 0. The second kappa shape index (κ2) is 4.07. The lowest BCUT2D eigenvalue weighted by Crippen LogP contribution is -1.82. The average Bonchev–Trinajstić information content (AvgIpc) is 2.67. The summed E-state index contributed by atoms with van der Waals surface area (Å²) in [4.78, 5) is 4.38. The van der Waals surface area contributed by atoms with Crippen molar-refractivity contribution in [1.29, 1.82) is 0 Å². The van der Waals surface area contributed by atoms with Gasteiger partial charge in [-0.1, -0.05) is 30.7 Å². The topological polar surface area (TPSA) is 25.8 Å². The van der Waals surface area contributed by atoms with Crippen molar-refractivity contribution in [3.63, 3.8) is 0 Å². The second-order valence-corrected chi connectivity index (χ2v) is 4.09. The van der Waals surface area contributed by atoms with E-state index in [1.807, 2.05) is 24.3 Å². The first-order valence-corrected chi connectivity index (χ1v) is 5.54. The molecular formula is C10H9ClN2S. The van der Waals surface area contributed by atoms with E-state index in [0.29, 0.717) is 5.02 Å². The summed E-state index contributed by atoms with van der Waals surface area (Å²) in [5.41, 5.74) is 0.908. The Hall–Kier alpha value is -0.930. The fourth-order valence-corrected chi connectivity index (χ4v) is 1.96. The van der Waals surface area contributed by atoms with E-state index in [4.69, 9.17) is 11.6 Å². The van der Waals surface area contributed by atoms with Crippen LogP contribution in [-0.4, -0.2) is 9.36 Å². The highest BCUT2D eigenvalue weighted by atomic mass is 35.5. The van der Waals surface area contributed by atoms with Gasteiger partial charge in [0.2, 0.25) is 0 Å². The maximum Gasteiger partial charge on any atom is 0.174 e. The van der Waals surface area contributed by atoms with Crippen molar-refractivity contribution >= 4 is 23.1 Å². The Morgan fingerprint density at radius 1 is 1.36 bits per heavy atom. The normalized spacial score (nSPS) is 10.4. The first-order chi connectivity index (χ1) is 6.81. The molecule has 2 aromatic rings. The van der Waals surface area contributed by atoms with Gasteiger partial charge in [-0.2, -0.15) is 4.37 Å². The minimum Gasteiger partial charge on any atom is -0.220 e. The SMILES string of the molecule is CCc1nc(-c2ccccc2Cl)ns1. The fourth-order valence-electron chi connectivity index (χ4n) is 1.15. The molecule has 4 heteroatoms. The molecule has 0 radical (unpaired) electrons. The summed E-state index contributed by atoms with van der Waals surface area (Å²) in [6, 6.07) is 7.63. The van der Waals surface area contributed by atoms with E-state index in [2.05, 4.69) is 16.3 Å². The van der Waals surface area contributed by atoms with Gasteiger partial charge in [0, 0.05) is 5.56 Å². The Kier molecular flexibility index (Phi) is 2.79. The lowest BCUT2D eigenvalue weighted by Gasteiger charge is -1.96. The molecule has 72 valence electrons. The molecule has 14 heavy (non-hydrogen) atoms. The van der Waals surface area contributed by atoms with Gasteiger partial charge in [0.25, 0.3) is 0 Å². The maximum absolute atomic E-state index is 6.04. The molecule has 0 spiro atoms. The van der Waals surface area contributed by atoms with Gasteiger partial charge in [-0.25, -0.2) is 4.98 Å². The average molecular weight is 225 g/mol. The monoisotopic (exact) mass is 224 g/mol. The third kappa shape index (κ3) is 1.79. The van der Waals surface area contributed by atoms with E-state index in [9.17, 15) is 0 Å². The van der Waals surface area contributed by atoms with Crippen LogP contribution in [0, 0.1) is 0 Å². The molecular weight excluding hydrogens is 216 g/mol. The third-order valence-corrected chi connectivity index (χ3v) is 3.07. The van der Waals surface area contributed by atoms with Crippen molar-refractivity contribution in [2.75, 3.05) is 0 Å². The largest absolute Gasteiger partial charge is 0.220 e. The lowest BCUT2D eigenvalue weighted by molar-refractivity contribution is 1.09. The van der Waals surface area contributed by atoms with Gasteiger partial charge in [0.05, 0.1) is 5.02 Å². The number of hydrogen-bond donors (Lipinski definition) is 0. The Labute approximate surface area is 91.7 Å². The first-order valence-electron chi connectivity index (χ1n) is 4.38. The van der Waals surface area contributed by atoms with Crippen LogP contribution >= 0.6 is 23.1 Å². The van der Waals surface area contributed by atoms with Gasteiger partial charge in [-0.3, -0.25) is 0 Å². The Balaban J connectivity index is 2.44. The maximum atomic E-state index is 6.04. The quantitative estimate of drug-likeness (QED) is 0.781. The zero-order valence-electron chi connectivity index (χ0n) is 7.70. The minimum atomic E-state index is 0.702. The summed E-state index contributed by atoms with van der Waals surface area (Å²) in [6.07, 6.45) is 0.919. The van der Waals surface area contributed by atoms with Gasteiger partial charge in [0.15, 0.2) is 5.82 Å². The standard InChI is InChI=1S/C10H9ClN2S/c1-2-9-12-10(13-14-9)7-5-3-4-6-8(7)11/h3-6H,2H2,1H3. The van der Waals surface area contributed by atoms with E-state index >= 15 is 0 Å². The number of rotatable bonds is 2. The zero-order chi connectivity index (χ0) is 9.97. The highest BCUT2D eigenvalue weighted by Gasteiger charge is 2.07. The molecule has 1 aromatic carbocycles. The highest BCUT2D eigenvalue weighted by molar-refractivity contribution is 7.05. The van der Waals surface area contributed by atoms with Crippen molar-refractivity contribution in [2.45, 2.75) is 13.3 Å². The predicted octanol–water partition coefficient (Wildman–Crippen LogP) is 3.42. The van der Waals surface area contributed by atoms with Crippen LogP contribution in [-0.2, 0) is 6.42 Å². The number of hydrogen-bond acceptors (Lipinski definition) is 3. The fraction of sp³-hybridized carbons (Fsp3) is 0.200. The summed E-state index contributed by atoms with van der Waals surface area (Å²) < 4.78 is 4.26. The molecule has 2 rings (SSSR count). The van der Waals surface area contributed by atoms with Crippen LogP contribution in [0.15, 0.2) is 24.3 Å². The molecule has 0 bridgehead atoms. The van der Waals surface area contributed by atoms with E-state index in [-0.39, 0.29) is 0 Å². The van der Waals surface area contributed by atoms with Crippen molar-refractivity contribution in [1.82, 2.24) is 9.36 Å². The first kappa shape index (κ1) is 9.62. The van der Waals surface area contributed by atoms with Crippen LogP contribution in [0.3, 0.4) is 0 Å². The summed E-state index contributed by atoms with van der Waals surface area (Å²) >= 11 is 7.47. The third-order valence-electron chi connectivity index (χ3n) is 1.89. The number of aryl methyl sites for hydroxylation is 1. The van der Waals surface area contributed by atoms with Gasteiger partial charge in [-0.15, -0.1) is 0 Å². The van der Waals surface area contributed by atoms with Gasteiger partial charge < -0.3 is 0 Å². The van der Waals surface area contributed by atoms with Crippen molar-refractivity contribution < 1.29 is 0 Å². The predicted molar refractivity (Wildman–Crippen MR) is 59.7 cm³/mol. The highest BCUT2D eigenvalue weighted by Crippen LogP contribution is 2.25. The van der Waals surface area contributed by atoms with Gasteiger partial charge in [0.1, 0.15) is 5.01 Å². The van der Waals surface area contributed by atoms with E-state index in [0.717, 1.165) is 22.8 Å². The van der Waals surface area contributed by atoms with Crippen LogP contribution in [0.2, 0.25) is 5.02 Å². The molecule has 1 aromatic heterocycles. The molecule has 0 aliphatic carbocycles. The molecule has 0 saturated carbocycles. The molecule has 0 aliphatic rings. The molecule has 0 unspecified atom stereocenters. The van der Waals surface area contributed by atoms with E-state index in [1.165, 1.54) is 11.5 Å². The van der Waals surface area contributed by atoms with E-state index in [1.54, 1.807) is 0 Å². The number of halogens is 1. The molecule has 0 aliphatic heterocycles. The van der Waals surface area contributed by atoms with E-state index < -0.39 is 0 Å². The molecule has 0 saturated heterocycles. The smallest absolute Gasteiger partial charge is 0.174 e. The van der Waals surface area contributed by atoms with Crippen LogP contribution in [0.5, 0.6) is 0 Å². The molecule has 0 atom stereocenters. The van der Waals surface area contributed by atoms with Crippen LogP contribution < -0.4 is 0 Å². The van der Waals surface area contributed by atoms with Gasteiger partial charge in [-0.05, 0) is 30.1 Å². The minimum absolute atomic E-state index is 0.702. The van der Waals surface area contributed by atoms with Gasteiger partial charge >= 0.3 is 0 Å². The molecule has 2 nitrogen and oxygen atoms in total. The molecule has 1 heterocycles. The summed E-state index contributed by atoms with van der Waals surface area (Å²) in [5, 5.41) is 1.74. The van der Waals surface area contributed by atoms with Crippen LogP contribution in [0.25, 0.3) is 11.4 Å². The van der Waals surface area contributed by atoms with Crippen LogP contribution in [0.4, 0.5) is 0 Å². The summed E-state index contributed by atoms with van der Waals surface area (Å²) in [5.74, 6) is 0.734. The van der Waals surface area contributed by atoms with Crippen LogP contribution in [0.1, 0.15) is 11.9 Å². The van der Waals surface area contributed by atoms with Crippen molar-refractivity contribution in [3.05, 3.63) is 34.3 Å².